The van der Waals surface area contributed by atoms with Crippen LogP contribution in [0, 0.1) is 0 Å². The van der Waals surface area contributed by atoms with Gasteiger partial charge in [-0.2, -0.15) is 0 Å². The summed E-state index contributed by atoms with van der Waals surface area (Å²) in [4.78, 5) is 25.2. The van der Waals surface area contributed by atoms with Gasteiger partial charge in [-0.25, -0.2) is 9.97 Å². The second-order valence-electron chi connectivity index (χ2n) is 5.79. The van der Waals surface area contributed by atoms with Gasteiger partial charge < -0.3 is 19.3 Å². The summed E-state index contributed by atoms with van der Waals surface area (Å²) < 4.78 is 10.9. The van der Waals surface area contributed by atoms with Gasteiger partial charge in [-0.05, 0) is 24.3 Å². The highest BCUT2D eigenvalue weighted by molar-refractivity contribution is 5.95. The number of benzene rings is 1. The number of hydrogen-bond donors (Lipinski definition) is 0. The van der Waals surface area contributed by atoms with Crippen LogP contribution in [-0.4, -0.2) is 60.7 Å². The number of piperazine rings is 1. The van der Waals surface area contributed by atoms with Gasteiger partial charge in [0.25, 0.3) is 5.91 Å². The Bertz CT molecular complexity index is 759. The SMILES string of the molecule is C=CCOc1ccc(C(=O)N2CCN(c3ncccn3)CC2)cc1OC. The normalized spacial score (nSPS) is 14.0. The Kier molecular flexibility index (Phi) is 5.68. The summed E-state index contributed by atoms with van der Waals surface area (Å²) >= 11 is 0. The number of aromatic nitrogens is 2. The Hall–Kier alpha value is -3.09. The third-order valence-electron chi connectivity index (χ3n) is 4.17. The molecule has 7 nitrogen and oxygen atoms in total. The van der Waals surface area contributed by atoms with E-state index >= 15 is 0 Å². The molecule has 0 spiro atoms. The predicted molar refractivity (Wildman–Crippen MR) is 98.8 cm³/mol. The van der Waals surface area contributed by atoms with Gasteiger partial charge in [0.15, 0.2) is 11.5 Å². The molecule has 0 aliphatic carbocycles. The molecule has 1 saturated heterocycles. The molecule has 0 saturated carbocycles. The highest BCUT2D eigenvalue weighted by atomic mass is 16.5. The maximum atomic E-state index is 12.8. The third kappa shape index (κ3) is 3.93. The van der Waals surface area contributed by atoms with E-state index in [1.165, 1.54) is 0 Å². The number of methoxy groups -OCH3 is 1. The topological polar surface area (TPSA) is 67.8 Å². The molecule has 136 valence electrons. The largest absolute Gasteiger partial charge is 0.493 e. The van der Waals surface area contributed by atoms with Gasteiger partial charge in [0.1, 0.15) is 6.61 Å². The van der Waals surface area contributed by atoms with E-state index in [4.69, 9.17) is 9.47 Å². The molecule has 26 heavy (non-hydrogen) atoms. The van der Waals surface area contributed by atoms with Gasteiger partial charge in [-0.1, -0.05) is 12.7 Å². The van der Waals surface area contributed by atoms with Crippen LogP contribution in [0.15, 0.2) is 49.3 Å². The standard InChI is InChI=1S/C19H22N4O3/c1-3-13-26-16-6-5-15(14-17(16)25-2)18(24)22-9-11-23(12-10-22)19-20-7-4-8-21-19/h3-8,14H,1,9-13H2,2H3. The molecule has 0 atom stereocenters. The number of nitrogens with zero attached hydrogens (tertiary/aromatic N) is 4. The first-order valence-electron chi connectivity index (χ1n) is 8.46. The monoisotopic (exact) mass is 354 g/mol. The van der Waals surface area contributed by atoms with Crippen LogP contribution in [0.25, 0.3) is 0 Å². The van der Waals surface area contributed by atoms with Gasteiger partial charge in [-0.3, -0.25) is 4.79 Å². The smallest absolute Gasteiger partial charge is 0.254 e. The molecule has 7 heteroatoms. The van der Waals surface area contributed by atoms with Crippen LogP contribution >= 0.6 is 0 Å². The lowest BCUT2D eigenvalue weighted by atomic mass is 10.1. The fourth-order valence-corrected chi connectivity index (χ4v) is 2.82. The zero-order valence-electron chi connectivity index (χ0n) is 14.8. The average molecular weight is 354 g/mol. The van der Waals surface area contributed by atoms with Gasteiger partial charge in [0, 0.05) is 44.1 Å². The Morgan fingerprint density at radius 1 is 1.19 bits per heavy atom. The van der Waals surface area contributed by atoms with Crippen molar-refractivity contribution >= 4 is 11.9 Å². The van der Waals surface area contributed by atoms with E-state index in [1.807, 2.05) is 4.90 Å². The molecule has 0 bridgehead atoms. The lowest BCUT2D eigenvalue weighted by Crippen LogP contribution is -2.49. The van der Waals surface area contributed by atoms with E-state index in [0.29, 0.717) is 55.8 Å². The second kappa shape index (κ2) is 8.33. The molecule has 2 heterocycles. The Balaban J connectivity index is 1.65. The lowest BCUT2D eigenvalue weighted by Gasteiger charge is -2.34. The van der Waals surface area contributed by atoms with Crippen LogP contribution in [0.3, 0.4) is 0 Å². The summed E-state index contributed by atoms with van der Waals surface area (Å²) in [6.45, 7) is 6.65. The first-order chi connectivity index (χ1) is 12.7. The van der Waals surface area contributed by atoms with Crippen LogP contribution in [-0.2, 0) is 0 Å². The van der Waals surface area contributed by atoms with Gasteiger partial charge in [0.05, 0.1) is 7.11 Å². The third-order valence-corrected chi connectivity index (χ3v) is 4.17. The molecule has 1 aliphatic rings. The zero-order valence-corrected chi connectivity index (χ0v) is 14.8. The number of amides is 1. The second-order valence-corrected chi connectivity index (χ2v) is 5.79. The van der Waals surface area contributed by atoms with Crippen LogP contribution in [0.1, 0.15) is 10.4 Å². The molecule has 2 aromatic rings. The molecule has 0 radical (unpaired) electrons. The Morgan fingerprint density at radius 2 is 1.92 bits per heavy atom. The minimum Gasteiger partial charge on any atom is -0.493 e. The highest BCUT2D eigenvalue weighted by Gasteiger charge is 2.24. The van der Waals surface area contributed by atoms with Crippen molar-refractivity contribution in [2.45, 2.75) is 0 Å². The van der Waals surface area contributed by atoms with Gasteiger partial charge in [0.2, 0.25) is 5.95 Å². The number of hydrogen-bond acceptors (Lipinski definition) is 6. The lowest BCUT2D eigenvalue weighted by molar-refractivity contribution is 0.0746. The van der Waals surface area contributed by atoms with Crippen molar-refractivity contribution in [3.63, 3.8) is 0 Å². The molecule has 1 fully saturated rings. The summed E-state index contributed by atoms with van der Waals surface area (Å²) in [5.74, 6) is 1.81. The number of carbonyl (C=O) groups excluding carboxylic acids is 1. The van der Waals surface area contributed by atoms with E-state index in [2.05, 4.69) is 21.4 Å². The fourth-order valence-electron chi connectivity index (χ4n) is 2.82. The highest BCUT2D eigenvalue weighted by Crippen LogP contribution is 2.28. The molecule has 0 N–H and O–H groups in total. The number of carbonyl (C=O) groups is 1. The molecule has 1 aliphatic heterocycles. The first-order valence-corrected chi connectivity index (χ1v) is 8.46. The van der Waals surface area contributed by atoms with Crippen LogP contribution < -0.4 is 14.4 Å². The Labute approximate surface area is 152 Å². The van der Waals surface area contributed by atoms with Crippen LogP contribution in [0.5, 0.6) is 11.5 Å². The van der Waals surface area contributed by atoms with E-state index in [0.717, 1.165) is 0 Å². The summed E-state index contributed by atoms with van der Waals surface area (Å²) in [6.07, 6.45) is 5.11. The Morgan fingerprint density at radius 3 is 2.58 bits per heavy atom. The van der Waals surface area contributed by atoms with Crippen molar-refractivity contribution in [1.82, 2.24) is 14.9 Å². The van der Waals surface area contributed by atoms with Crippen molar-refractivity contribution in [3.8, 4) is 11.5 Å². The van der Waals surface area contributed by atoms with E-state index in [-0.39, 0.29) is 5.91 Å². The van der Waals surface area contributed by atoms with E-state index in [1.54, 1.807) is 49.8 Å². The quantitative estimate of drug-likeness (QED) is 0.740. The molecular weight excluding hydrogens is 332 g/mol. The van der Waals surface area contributed by atoms with Crippen LogP contribution in [0.4, 0.5) is 5.95 Å². The average Bonchev–Trinajstić information content (AvgIpc) is 2.72. The zero-order chi connectivity index (χ0) is 18.4. The van der Waals surface area contributed by atoms with E-state index in [9.17, 15) is 4.79 Å². The minimum absolute atomic E-state index is 0.0211. The molecule has 3 rings (SSSR count). The summed E-state index contributed by atoms with van der Waals surface area (Å²) in [6, 6.07) is 7.02. The fraction of sp³-hybridized carbons (Fsp3) is 0.316. The molecule has 1 amide bonds. The summed E-state index contributed by atoms with van der Waals surface area (Å²) in [7, 11) is 1.56. The first kappa shape index (κ1) is 17.7. The van der Waals surface area contributed by atoms with E-state index < -0.39 is 0 Å². The number of rotatable bonds is 6. The van der Waals surface area contributed by atoms with Crippen molar-refractivity contribution in [2.75, 3.05) is 44.8 Å². The van der Waals surface area contributed by atoms with Crippen molar-refractivity contribution in [1.29, 1.82) is 0 Å². The predicted octanol–water partition coefficient (Wildman–Crippen LogP) is 2.01. The molecular formula is C19H22N4O3. The summed E-state index contributed by atoms with van der Waals surface area (Å²) in [5.41, 5.74) is 0.581. The summed E-state index contributed by atoms with van der Waals surface area (Å²) in [5, 5.41) is 0. The molecule has 0 unspecified atom stereocenters. The van der Waals surface area contributed by atoms with Gasteiger partial charge >= 0.3 is 0 Å². The minimum atomic E-state index is -0.0211. The van der Waals surface area contributed by atoms with Crippen molar-refractivity contribution in [3.05, 3.63) is 54.9 Å². The van der Waals surface area contributed by atoms with Crippen molar-refractivity contribution < 1.29 is 14.3 Å². The molecule has 1 aromatic carbocycles. The molecule has 1 aromatic heterocycles. The van der Waals surface area contributed by atoms with Crippen LogP contribution in [0.2, 0.25) is 0 Å². The number of anilines is 1. The maximum Gasteiger partial charge on any atom is 0.254 e. The number of ether oxygens (including phenoxy) is 2. The van der Waals surface area contributed by atoms with Crippen molar-refractivity contribution in [2.24, 2.45) is 0 Å². The maximum absolute atomic E-state index is 12.8. The van der Waals surface area contributed by atoms with Gasteiger partial charge in [-0.15, -0.1) is 0 Å².